The van der Waals surface area contributed by atoms with E-state index >= 15 is 0 Å². The van der Waals surface area contributed by atoms with Crippen molar-refractivity contribution in [1.82, 2.24) is 36.9 Å². The van der Waals surface area contributed by atoms with Crippen molar-refractivity contribution in [3.05, 3.63) is 61.3 Å². The fourth-order valence-corrected chi connectivity index (χ4v) is 0. The molecule has 38 nitrogen and oxygen atoms in total. The fourth-order valence-electron chi connectivity index (χ4n) is 0. The molecule has 45 heavy (non-hydrogen) atoms. The molecule has 0 aromatic rings. The van der Waals surface area contributed by atoms with Crippen molar-refractivity contribution < 1.29 is 194 Å². The zero-order valence-corrected chi connectivity index (χ0v) is 32.8. The van der Waals surface area contributed by atoms with E-state index in [2.05, 4.69) is 0 Å². The van der Waals surface area contributed by atoms with E-state index < -0.39 is 87.3 Å². The van der Waals surface area contributed by atoms with Crippen molar-refractivity contribution >= 4 is 0 Å². The first-order valence-corrected chi connectivity index (χ1v) is 18.0. The van der Waals surface area contributed by atoms with Crippen molar-refractivity contribution in [2.24, 2.45) is 0 Å². The van der Waals surface area contributed by atoms with Crippen LogP contribution in [0.3, 0.4) is 0 Å². The van der Waals surface area contributed by atoms with Crippen LogP contribution in [-0.2, 0) is 144 Å². The van der Waals surface area contributed by atoms with Gasteiger partial charge in [-0.1, -0.05) is 0 Å². The van der Waals surface area contributed by atoms with Crippen LogP contribution in [0.5, 0.6) is 0 Å². The third-order valence-electron chi connectivity index (χ3n) is 0. The van der Waals surface area contributed by atoms with E-state index in [4.69, 9.17) is 119 Å². The van der Waals surface area contributed by atoms with Gasteiger partial charge in [0.15, 0.2) is 0 Å². The van der Waals surface area contributed by atoms with Gasteiger partial charge in [0.2, 0.25) is 0 Å². The van der Waals surface area contributed by atoms with E-state index in [0.717, 1.165) is 0 Å². The van der Waals surface area contributed by atoms with Crippen LogP contribution in [0.25, 0.3) is 0 Å². The minimum atomic E-state index is -6.02. The quantitative estimate of drug-likeness (QED) is 0.0745. The summed E-state index contributed by atoms with van der Waals surface area (Å²) in [5.41, 5.74) is 0. The van der Waals surface area contributed by atoms with E-state index in [0.29, 0.717) is 0 Å². The second-order valence-corrected chi connectivity index (χ2v) is 10.6. The monoisotopic (exact) mass is 1180 g/mol. The molecule has 0 bridgehead atoms. The van der Waals surface area contributed by atoms with E-state index in [1.165, 1.54) is 0 Å². The predicted octanol–water partition coefficient (Wildman–Crippen LogP) is -9.18. The molecule has 0 aliphatic rings. The third kappa shape index (κ3) is 56500. The summed E-state index contributed by atoms with van der Waals surface area (Å²) in [5.74, 6) is 0. The zero-order valence-electron chi connectivity index (χ0n) is 21.8. The van der Waals surface area contributed by atoms with Crippen LogP contribution in [0.1, 0.15) is 0 Å². The Hall–Kier alpha value is -1.13. The van der Waals surface area contributed by atoms with Gasteiger partial charge < -0.3 is 98.2 Å². The molecule has 296 valence electrons. The predicted molar refractivity (Wildman–Crippen MR) is 82.8 cm³/mol. The van der Waals surface area contributed by atoms with Crippen molar-refractivity contribution in [2.45, 2.75) is 0 Å². The molecule has 0 heterocycles. The Bertz CT molecular complexity index is 804. The maximum atomic E-state index is 8.63. The van der Waals surface area contributed by atoms with Crippen molar-refractivity contribution in [2.75, 3.05) is 0 Å². The van der Waals surface area contributed by atoms with Crippen LogP contribution in [0.4, 0.5) is 0 Å². The van der Waals surface area contributed by atoms with E-state index in [1.54, 1.807) is 0 Å². The average molecular weight is 1170 g/mol. The van der Waals surface area contributed by atoms with Crippen molar-refractivity contribution in [1.29, 1.82) is 0 Å². The molecular weight excluding hydrogens is 1150 g/mol. The molecule has 24 N–H and O–H groups in total. The van der Waals surface area contributed by atoms with E-state index in [9.17, 15) is 0 Å². The van der Waals surface area contributed by atoms with Crippen LogP contribution in [-0.4, -0.2) is 20.3 Å². The number of hydrogen-bond acceptors (Lipinski definition) is 28. The van der Waals surface area contributed by atoms with Gasteiger partial charge in [0.05, 0.1) is 20.3 Å². The van der Waals surface area contributed by atoms with Crippen LogP contribution in [0.2, 0.25) is 0 Å². The zero-order chi connectivity index (χ0) is 32.3. The number of rotatable bonds is 0. The molecule has 0 spiro atoms. The summed E-state index contributed by atoms with van der Waals surface area (Å²) in [6.07, 6.45) is 0. The van der Waals surface area contributed by atoms with Crippen molar-refractivity contribution in [3.8, 4) is 0 Å². The normalized spacial score (nSPS) is 7.29. The average Bonchev–Trinajstić information content (AvgIpc) is 2.24. The number of hydrogen-bond donors (Lipinski definition) is 6. The molecule has 0 rings (SSSR count). The van der Waals surface area contributed by atoms with Gasteiger partial charge >= 0.3 is 174 Å². The molecule has 0 saturated carbocycles. The first kappa shape index (κ1) is 112. The molecule has 0 aromatic heterocycles. The van der Waals surface area contributed by atoms with Gasteiger partial charge in [-0.3, -0.25) is 0 Å². The van der Waals surface area contributed by atoms with E-state index in [-0.39, 0.29) is 86.4 Å². The summed E-state index contributed by atoms with van der Waals surface area (Å²) in [7, 11) is 0. The standard InChI is InChI=1S/4Mo.4NO3.6H3N.3Ni.16O/c;;;;4*2-1(3)4;;;;;;;;;;;;;;;;;;;;;;;;;/h;;;;;;;;6*1H3;;;;;;;;;;;;;;;;;;;/q;;;;4*-1;;;;;;;3*+2;;;;;;;;;8*-1/p+6. The Morgan fingerprint density at radius 2 is 0.267 bits per heavy atom. The summed E-state index contributed by atoms with van der Waals surface area (Å²) >= 11 is -24.1. The summed E-state index contributed by atoms with van der Waals surface area (Å²) in [4.78, 5) is 33.0. The molecule has 0 fully saturated rings. The Balaban J connectivity index is -0.0000000129. The van der Waals surface area contributed by atoms with Gasteiger partial charge in [-0.05, 0) is 0 Å². The molecule has 45 heteroatoms. The SMILES string of the molecule is O=[N+]([O-])[O-].O=[N+]([O-])[O-].O=[N+]([O-])[O-].O=[N+]([O-])[O-].[NH4+].[NH4+].[NH4+].[NH4+].[NH4+].[NH4+].[Ni+2].[Ni+2].[Ni+2].[O]=[Mo](=[O])([O-])[O-].[O]=[Mo](=[O])([O-])[O-].[O]=[Mo](=[O])([O-])[O-].[O]=[Mo](=[O])([O-])[O-]. The molecule has 0 aliphatic carbocycles. The van der Waals surface area contributed by atoms with E-state index in [1.807, 2.05) is 0 Å². The van der Waals surface area contributed by atoms with Gasteiger partial charge in [-0.25, -0.2) is 0 Å². The summed E-state index contributed by atoms with van der Waals surface area (Å²) in [6, 6.07) is 0. The van der Waals surface area contributed by atoms with Crippen molar-refractivity contribution in [3.63, 3.8) is 0 Å². The summed E-state index contributed by atoms with van der Waals surface area (Å²) < 4.78 is 138. The Kier molecular flexibility index (Phi) is 153. The first-order chi connectivity index (χ1) is 14.9. The first-order valence-electron chi connectivity index (χ1n) is 4.86. The topological polar surface area (TPSA) is 805 Å². The molecule has 0 saturated heterocycles. The maximum absolute atomic E-state index is 8.63. The molecule has 0 unspecified atom stereocenters. The molecule has 0 aliphatic heterocycles. The second kappa shape index (κ2) is 61.8. The van der Waals surface area contributed by atoms with Crippen LogP contribution < -0.4 is 67.0 Å². The van der Waals surface area contributed by atoms with Gasteiger partial charge in [-0.2, -0.15) is 0 Å². The molecule has 0 radical (unpaired) electrons. The molecule has 0 amide bonds. The summed E-state index contributed by atoms with van der Waals surface area (Å²) in [5, 5.41) is 59.0. The fraction of sp³-hybridized carbons (Fsp3) is 0. The molecule has 0 aromatic carbocycles. The van der Waals surface area contributed by atoms with Gasteiger partial charge in [0.1, 0.15) is 0 Å². The minimum absolute atomic E-state index is 0. The Morgan fingerprint density at radius 1 is 0.267 bits per heavy atom. The number of nitrogens with zero attached hydrogens (tertiary/aromatic N) is 4. The molecular formula is H24Mo4N10Ni3O28. The van der Waals surface area contributed by atoms with Crippen LogP contribution in [0, 0.1) is 61.3 Å². The Morgan fingerprint density at radius 3 is 0.267 bits per heavy atom. The molecule has 0 atom stereocenters. The summed E-state index contributed by atoms with van der Waals surface area (Å²) in [6.45, 7) is 0. The Labute approximate surface area is 290 Å². The van der Waals surface area contributed by atoms with Gasteiger partial charge in [-0.15, -0.1) is 0 Å². The van der Waals surface area contributed by atoms with Gasteiger partial charge in [0, 0.05) is 0 Å². The van der Waals surface area contributed by atoms with Crippen LogP contribution in [0.15, 0.2) is 0 Å². The van der Waals surface area contributed by atoms with Crippen LogP contribution >= 0.6 is 0 Å². The number of quaternary nitrogens is 6. The van der Waals surface area contributed by atoms with Gasteiger partial charge in [0.25, 0.3) is 0 Å². The second-order valence-electron chi connectivity index (χ2n) is 2.53. The third-order valence-corrected chi connectivity index (χ3v) is 0.